The van der Waals surface area contributed by atoms with E-state index in [1.807, 2.05) is 4.90 Å². The van der Waals surface area contributed by atoms with Crippen molar-refractivity contribution in [1.29, 1.82) is 0 Å². The smallest absolute Gasteiger partial charge is 0.331 e. The highest BCUT2D eigenvalue weighted by molar-refractivity contribution is 5.84. The zero-order valence-electron chi connectivity index (χ0n) is 26.5. The molecule has 1 heterocycles. The lowest BCUT2D eigenvalue weighted by molar-refractivity contribution is -0.384. The van der Waals surface area contributed by atoms with Gasteiger partial charge in [0.2, 0.25) is 5.91 Å². The van der Waals surface area contributed by atoms with Gasteiger partial charge < -0.3 is 24.1 Å². The first kappa shape index (κ1) is 36.3. The lowest BCUT2D eigenvalue weighted by Gasteiger charge is -2.34. The standard InChI is InChI=1S/C29H42N6O11/c1-22(36)44-31-14-12-30(13-15-32(45-23(2)37)17-19-33(18-16-31)46-24(3)38)20-28(39)34(25-6-4-5-7-25)21-29(40)43-27-10-8-26(9-11-27)35(41)42/h8-11,25H,4-7,12-21H2,1-3H3. The molecule has 1 saturated heterocycles. The Kier molecular flexibility index (Phi) is 14.3. The summed E-state index contributed by atoms with van der Waals surface area (Å²) in [7, 11) is 0. The first-order valence-corrected chi connectivity index (χ1v) is 15.2. The van der Waals surface area contributed by atoms with Crippen LogP contribution in [-0.4, -0.2) is 131 Å². The van der Waals surface area contributed by atoms with Gasteiger partial charge >= 0.3 is 23.9 Å². The van der Waals surface area contributed by atoms with Gasteiger partial charge in [0.05, 0.1) is 37.6 Å². The van der Waals surface area contributed by atoms with Crippen molar-refractivity contribution in [3.63, 3.8) is 0 Å². The average Bonchev–Trinajstić information content (AvgIpc) is 3.51. The van der Waals surface area contributed by atoms with Crippen molar-refractivity contribution in [3.8, 4) is 5.75 Å². The molecule has 0 aromatic heterocycles. The highest BCUT2D eigenvalue weighted by atomic mass is 16.7. The number of rotatable bonds is 10. The number of hydrogen-bond donors (Lipinski definition) is 0. The number of hydroxylamine groups is 6. The normalized spacial score (nSPS) is 18.1. The number of amides is 1. The van der Waals surface area contributed by atoms with Crippen LogP contribution in [0.5, 0.6) is 5.75 Å². The van der Waals surface area contributed by atoms with Gasteiger partial charge in [-0.25, -0.2) is 4.79 Å². The van der Waals surface area contributed by atoms with E-state index in [0.29, 0.717) is 0 Å². The van der Waals surface area contributed by atoms with Crippen LogP contribution in [-0.2, 0) is 38.5 Å². The first-order chi connectivity index (χ1) is 21.9. The summed E-state index contributed by atoms with van der Waals surface area (Å²) in [6, 6.07) is 4.94. The lowest BCUT2D eigenvalue weighted by atomic mass is 10.2. The molecule has 2 fully saturated rings. The van der Waals surface area contributed by atoms with Gasteiger partial charge in [-0.15, -0.1) is 15.2 Å². The monoisotopic (exact) mass is 650 g/mol. The molecule has 17 heteroatoms. The van der Waals surface area contributed by atoms with Crippen LogP contribution in [0.25, 0.3) is 0 Å². The Morgan fingerprint density at radius 3 is 1.61 bits per heavy atom. The molecule has 1 aromatic carbocycles. The zero-order valence-corrected chi connectivity index (χ0v) is 26.5. The largest absolute Gasteiger partial charge is 0.425 e. The number of nitrogens with zero attached hydrogens (tertiary/aromatic N) is 6. The molecule has 1 aliphatic carbocycles. The third-order valence-corrected chi connectivity index (χ3v) is 7.33. The minimum absolute atomic E-state index is 0.0806. The van der Waals surface area contributed by atoms with E-state index in [1.165, 1.54) is 65.1 Å². The maximum atomic E-state index is 13.8. The van der Waals surface area contributed by atoms with Gasteiger partial charge in [0.1, 0.15) is 12.3 Å². The maximum Gasteiger partial charge on any atom is 0.331 e. The van der Waals surface area contributed by atoms with Gasteiger partial charge in [0, 0.05) is 65.1 Å². The molecular weight excluding hydrogens is 608 g/mol. The number of carbonyl (C=O) groups excluding carboxylic acids is 5. The second kappa shape index (κ2) is 18.1. The molecule has 1 aromatic rings. The molecule has 0 spiro atoms. The van der Waals surface area contributed by atoms with Crippen molar-refractivity contribution < 1.29 is 48.1 Å². The Bertz CT molecular complexity index is 1190. The van der Waals surface area contributed by atoms with E-state index in [9.17, 15) is 34.1 Å². The van der Waals surface area contributed by atoms with Gasteiger partial charge in [-0.3, -0.25) is 34.2 Å². The molecule has 0 N–H and O–H groups in total. The van der Waals surface area contributed by atoms with E-state index in [-0.39, 0.29) is 88.8 Å². The van der Waals surface area contributed by atoms with E-state index in [4.69, 9.17) is 19.2 Å². The SMILES string of the molecule is CC(=O)ON1CCN(CC(=O)N(CC(=O)Oc2ccc([N+](=O)[O-])cc2)C2CCCC2)CCN(OC(C)=O)CCN(OC(C)=O)CC1. The fourth-order valence-electron chi connectivity index (χ4n) is 5.23. The minimum atomic E-state index is -0.679. The summed E-state index contributed by atoms with van der Waals surface area (Å²) in [5, 5.41) is 15.2. The van der Waals surface area contributed by atoms with Crippen LogP contribution in [0.3, 0.4) is 0 Å². The van der Waals surface area contributed by atoms with E-state index in [2.05, 4.69) is 0 Å². The van der Waals surface area contributed by atoms with Crippen LogP contribution in [0, 0.1) is 10.1 Å². The van der Waals surface area contributed by atoms with Gasteiger partial charge in [0.15, 0.2) is 0 Å². The van der Waals surface area contributed by atoms with E-state index >= 15 is 0 Å². The molecule has 0 radical (unpaired) electrons. The molecule has 2 aliphatic rings. The average molecular weight is 651 g/mol. The number of carbonyl (C=O) groups is 5. The molecule has 3 rings (SSSR count). The van der Waals surface area contributed by atoms with Gasteiger partial charge in [-0.1, -0.05) is 12.8 Å². The van der Waals surface area contributed by atoms with Crippen molar-refractivity contribution in [2.75, 3.05) is 65.4 Å². The fraction of sp³-hybridized carbons (Fsp3) is 0.621. The van der Waals surface area contributed by atoms with E-state index in [0.717, 1.165) is 25.7 Å². The molecule has 1 saturated carbocycles. The molecule has 17 nitrogen and oxygen atoms in total. The topological polar surface area (TPSA) is 182 Å². The Balaban J connectivity index is 1.74. The van der Waals surface area contributed by atoms with Crippen molar-refractivity contribution in [2.24, 2.45) is 0 Å². The quantitative estimate of drug-likeness (QED) is 0.151. The number of benzene rings is 1. The van der Waals surface area contributed by atoms with Crippen molar-refractivity contribution in [1.82, 2.24) is 25.0 Å². The number of nitro benzene ring substituents is 1. The number of esters is 1. The molecule has 0 bridgehead atoms. The van der Waals surface area contributed by atoms with Crippen LogP contribution in [0.15, 0.2) is 24.3 Å². The third-order valence-electron chi connectivity index (χ3n) is 7.33. The molecule has 0 atom stereocenters. The Morgan fingerprint density at radius 1 is 0.761 bits per heavy atom. The molecule has 0 unspecified atom stereocenters. The number of hydrogen-bond acceptors (Lipinski definition) is 15. The van der Waals surface area contributed by atoms with Crippen LogP contribution in [0.2, 0.25) is 0 Å². The van der Waals surface area contributed by atoms with Gasteiger partial charge in [-0.2, -0.15) is 0 Å². The van der Waals surface area contributed by atoms with Crippen LogP contribution in [0.4, 0.5) is 5.69 Å². The summed E-state index contributed by atoms with van der Waals surface area (Å²) >= 11 is 0. The summed E-state index contributed by atoms with van der Waals surface area (Å²) in [5.74, 6) is -2.46. The summed E-state index contributed by atoms with van der Waals surface area (Å²) in [6.45, 7) is 5.12. The number of non-ortho nitro benzene ring substituents is 1. The number of ether oxygens (including phenoxy) is 1. The molecule has 1 aliphatic heterocycles. The highest BCUT2D eigenvalue weighted by Gasteiger charge is 2.31. The van der Waals surface area contributed by atoms with E-state index in [1.54, 1.807) is 0 Å². The van der Waals surface area contributed by atoms with E-state index < -0.39 is 28.8 Å². The first-order valence-electron chi connectivity index (χ1n) is 15.2. The van der Waals surface area contributed by atoms with Crippen molar-refractivity contribution in [2.45, 2.75) is 52.5 Å². The summed E-state index contributed by atoms with van der Waals surface area (Å²) in [5.41, 5.74) is -0.144. The number of nitro groups is 1. The van der Waals surface area contributed by atoms with Gasteiger partial charge in [0.25, 0.3) is 5.69 Å². The second-order valence-electron chi connectivity index (χ2n) is 11.0. The Hall–Kier alpha value is -4.19. The molecule has 46 heavy (non-hydrogen) atoms. The van der Waals surface area contributed by atoms with Crippen LogP contribution < -0.4 is 4.74 Å². The van der Waals surface area contributed by atoms with Crippen LogP contribution >= 0.6 is 0 Å². The predicted octanol–water partition coefficient (Wildman–Crippen LogP) is 0.927. The molecule has 1 amide bonds. The molecular formula is C29H42N6O11. The molecule has 254 valence electrons. The third kappa shape index (κ3) is 12.7. The summed E-state index contributed by atoms with van der Waals surface area (Å²) < 4.78 is 5.39. The van der Waals surface area contributed by atoms with Crippen molar-refractivity contribution >= 4 is 35.5 Å². The fourth-order valence-corrected chi connectivity index (χ4v) is 5.23. The van der Waals surface area contributed by atoms with Crippen molar-refractivity contribution in [3.05, 3.63) is 34.4 Å². The lowest BCUT2D eigenvalue weighted by Crippen LogP contribution is -2.51. The summed E-state index contributed by atoms with van der Waals surface area (Å²) in [6.07, 6.45) is 3.29. The Labute approximate surface area is 266 Å². The Morgan fingerprint density at radius 2 is 1.20 bits per heavy atom. The summed E-state index contributed by atoms with van der Waals surface area (Å²) in [4.78, 5) is 91.7. The maximum absolute atomic E-state index is 13.8. The zero-order chi connectivity index (χ0) is 33.6. The minimum Gasteiger partial charge on any atom is -0.425 e. The second-order valence-corrected chi connectivity index (χ2v) is 11.0. The van der Waals surface area contributed by atoms with Crippen LogP contribution in [0.1, 0.15) is 46.5 Å². The predicted molar refractivity (Wildman–Crippen MR) is 159 cm³/mol. The highest BCUT2D eigenvalue weighted by Crippen LogP contribution is 2.24. The van der Waals surface area contributed by atoms with Gasteiger partial charge in [-0.05, 0) is 25.0 Å².